The van der Waals surface area contributed by atoms with Gasteiger partial charge in [0.2, 0.25) is 0 Å². The molecule has 1 aromatic carbocycles. The molecule has 0 aromatic heterocycles. The van der Waals surface area contributed by atoms with Crippen LogP contribution in [-0.2, 0) is 0 Å². The maximum atomic E-state index is 6.03. The highest BCUT2D eigenvalue weighted by Gasteiger charge is 2.11. The Bertz CT molecular complexity index is 344. The van der Waals surface area contributed by atoms with E-state index in [0.717, 1.165) is 22.2 Å². The minimum Gasteiger partial charge on any atom is -0.494 e. The van der Waals surface area contributed by atoms with Crippen molar-refractivity contribution in [1.82, 2.24) is 0 Å². The summed E-state index contributed by atoms with van der Waals surface area (Å²) >= 11 is 3.43. The highest BCUT2D eigenvalue weighted by Crippen LogP contribution is 2.29. The second-order valence-electron chi connectivity index (χ2n) is 3.25. The molecule has 0 aliphatic carbocycles. The summed E-state index contributed by atoms with van der Waals surface area (Å²) in [5.41, 5.74) is 7.05. The maximum Gasteiger partial charge on any atom is 0.124 e. The molecule has 0 aliphatic rings. The van der Waals surface area contributed by atoms with Crippen molar-refractivity contribution in [1.29, 1.82) is 0 Å². The molecule has 0 saturated carbocycles. The van der Waals surface area contributed by atoms with Crippen LogP contribution in [0.3, 0.4) is 0 Å². The Hall–Kier alpha value is -0.510. The van der Waals surface area contributed by atoms with Gasteiger partial charge in [0.15, 0.2) is 0 Å². The number of hydrogen-bond donors (Lipinski definition) is 1. The Morgan fingerprint density at radius 2 is 2.25 bits per heavy atom. The van der Waals surface area contributed by atoms with Crippen molar-refractivity contribution in [3.63, 3.8) is 0 Å². The van der Waals surface area contributed by atoms with E-state index in [-0.39, 0.29) is 18.4 Å². The molecular formula is C12H17BrClNO. The lowest BCUT2D eigenvalue weighted by molar-refractivity contribution is 0.334. The molecule has 0 fully saturated rings. The molecule has 0 amide bonds. The summed E-state index contributed by atoms with van der Waals surface area (Å²) in [6.07, 6.45) is 2.57. The van der Waals surface area contributed by atoms with Crippen LogP contribution in [0.2, 0.25) is 0 Å². The molecule has 1 aromatic rings. The van der Waals surface area contributed by atoms with Gasteiger partial charge in [0.1, 0.15) is 5.75 Å². The second-order valence-corrected chi connectivity index (χ2v) is 4.16. The molecule has 1 atom stereocenters. The van der Waals surface area contributed by atoms with Crippen LogP contribution in [0.25, 0.3) is 0 Å². The highest BCUT2D eigenvalue weighted by molar-refractivity contribution is 9.10. The minimum absolute atomic E-state index is 0. The van der Waals surface area contributed by atoms with E-state index < -0.39 is 0 Å². The Morgan fingerprint density at radius 1 is 1.56 bits per heavy atom. The third-order valence-corrected chi connectivity index (χ3v) is 2.58. The zero-order valence-corrected chi connectivity index (χ0v) is 11.7. The van der Waals surface area contributed by atoms with Crippen LogP contribution >= 0.6 is 28.3 Å². The van der Waals surface area contributed by atoms with Gasteiger partial charge in [0.25, 0.3) is 0 Å². The fourth-order valence-corrected chi connectivity index (χ4v) is 1.78. The summed E-state index contributed by atoms with van der Waals surface area (Å²) < 4.78 is 6.54. The molecule has 0 radical (unpaired) electrons. The lowest BCUT2D eigenvalue weighted by Gasteiger charge is -2.15. The fraction of sp³-hybridized carbons (Fsp3) is 0.333. The van der Waals surface area contributed by atoms with E-state index >= 15 is 0 Å². The average molecular weight is 307 g/mol. The Morgan fingerprint density at radius 3 is 2.81 bits per heavy atom. The normalized spacial score (nSPS) is 11.4. The summed E-state index contributed by atoms with van der Waals surface area (Å²) in [7, 11) is 0. The predicted molar refractivity (Wildman–Crippen MR) is 74.3 cm³/mol. The van der Waals surface area contributed by atoms with Gasteiger partial charge in [0.05, 0.1) is 6.61 Å². The molecule has 0 spiro atoms. The molecule has 0 heterocycles. The Balaban J connectivity index is 0.00000225. The lowest BCUT2D eigenvalue weighted by atomic mass is 10.0. The van der Waals surface area contributed by atoms with Gasteiger partial charge in [-0.25, -0.2) is 0 Å². The monoisotopic (exact) mass is 305 g/mol. The molecular weight excluding hydrogens is 289 g/mol. The second kappa shape index (κ2) is 7.71. The first-order valence-corrected chi connectivity index (χ1v) is 5.77. The molecule has 2 nitrogen and oxygen atoms in total. The molecule has 2 N–H and O–H groups in total. The number of halogens is 2. The van der Waals surface area contributed by atoms with E-state index in [0.29, 0.717) is 6.61 Å². The van der Waals surface area contributed by atoms with Crippen LogP contribution in [0.4, 0.5) is 0 Å². The highest BCUT2D eigenvalue weighted by atomic mass is 79.9. The first kappa shape index (κ1) is 15.5. The van der Waals surface area contributed by atoms with Gasteiger partial charge >= 0.3 is 0 Å². The summed E-state index contributed by atoms with van der Waals surface area (Å²) in [5, 5.41) is 0. The van der Waals surface area contributed by atoms with Crippen LogP contribution in [0.5, 0.6) is 5.75 Å². The summed E-state index contributed by atoms with van der Waals surface area (Å²) in [6, 6.07) is 5.83. The van der Waals surface area contributed by atoms with Crippen LogP contribution in [0.1, 0.15) is 24.9 Å². The van der Waals surface area contributed by atoms with Gasteiger partial charge in [-0.2, -0.15) is 0 Å². The van der Waals surface area contributed by atoms with Gasteiger partial charge in [0, 0.05) is 16.1 Å². The molecule has 4 heteroatoms. The van der Waals surface area contributed by atoms with Crippen LogP contribution < -0.4 is 10.5 Å². The van der Waals surface area contributed by atoms with E-state index in [1.165, 1.54) is 0 Å². The largest absolute Gasteiger partial charge is 0.494 e. The lowest BCUT2D eigenvalue weighted by Crippen LogP contribution is -2.11. The smallest absolute Gasteiger partial charge is 0.124 e. The maximum absolute atomic E-state index is 6.03. The molecule has 0 saturated heterocycles. The van der Waals surface area contributed by atoms with Crippen molar-refractivity contribution in [3.8, 4) is 5.75 Å². The van der Waals surface area contributed by atoms with E-state index in [2.05, 4.69) is 22.5 Å². The van der Waals surface area contributed by atoms with Crippen molar-refractivity contribution >= 4 is 28.3 Å². The number of ether oxygens (including phenoxy) is 1. The van der Waals surface area contributed by atoms with Crippen molar-refractivity contribution in [2.75, 3.05) is 6.61 Å². The summed E-state index contributed by atoms with van der Waals surface area (Å²) in [6.45, 7) is 6.30. The predicted octanol–water partition coefficient (Wildman–Crippen LogP) is 3.85. The zero-order chi connectivity index (χ0) is 11.3. The standard InChI is InChI=1S/C12H16BrNO.ClH/c1-3-5-11(14)10-8-9(13)6-7-12(10)15-4-2;/h3,6-8,11H,1,4-5,14H2,2H3;1H/t11-;/m1./s1. The van der Waals surface area contributed by atoms with Gasteiger partial charge in [-0.3, -0.25) is 0 Å². The number of rotatable bonds is 5. The van der Waals surface area contributed by atoms with Gasteiger partial charge in [-0.05, 0) is 31.5 Å². The molecule has 16 heavy (non-hydrogen) atoms. The third kappa shape index (κ3) is 4.16. The minimum atomic E-state index is -0.0541. The van der Waals surface area contributed by atoms with Gasteiger partial charge < -0.3 is 10.5 Å². The first-order valence-electron chi connectivity index (χ1n) is 4.97. The Kier molecular flexibility index (Phi) is 7.47. The van der Waals surface area contributed by atoms with Crippen molar-refractivity contribution in [3.05, 3.63) is 40.9 Å². The topological polar surface area (TPSA) is 35.2 Å². The Labute approximate surface area is 111 Å². The molecule has 0 bridgehead atoms. The first-order chi connectivity index (χ1) is 7.19. The SMILES string of the molecule is C=CC[C@@H](N)c1cc(Br)ccc1OCC.Cl. The summed E-state index contributed by atoms with van der Waals surface area (Å²) in [5.74, 6) is 0.857. The van der Waals surface area contributed by atoms with E-state index in [1.54, 1.807) is 0 Å². The van der Waals surface area contributed by atoms with Crippen LogP contribution in [0.15, 0.2) is 35.3 Å². The van der Waals surface area contributed by atoms with Gasteiger partial charge in [-0.1, -0.05) is 22.0 Å². The van der Waals surface area contributed by atoms with Gasteiger partial charge in [-0.15, -0.1) is 19.0 Å². The average Bonchev–Trinajstić information content (AvgIpc) is 2.21. The quantitative estimate of drug-likeness (QED) is 0.839. The molecule has 0 aliphatic heterocycles. The third-order valence-electron chi connectivity index (χ3n) is 2.09. The van der Waals surface area contributed by atoms with Crippen molar-refractivity contribution in [2.24, 2.45) is 5.73 Å². The number of hydrogen-bond acceptors (Lipinski definition) is 2. The van der Waals surface area contributed by atoms with Crippen LogP contribution in [-0.4, -0.2) is 6.61 Å². The number of benzene rings is 1. The van der Waals surface area contributed by atoms with E-state index in [9.17, 15) is 0 Å². The number of nitrogens with two attached hydrogens (primary N) is 1. The molecule has 0 unspecified atom stereocenters. The van der Waals surface area contributed by atoms with E-state index in [4.69, 9.17) is 10.5 Å². The molecule has 1 rings (SSSR count). The van der Waals surface area contributed by atoms with E-state index in [1.807, 2.05) is 31.2 Å². The fourth-order valence-electron chi connectivity index (χ4n) is 1.40. The zero-order valence-electron chi connectivity index (χ0n) is 9.28. The van der Waals surface area contributed by atoms with Crippen LogP contribution in [0, 0.1) is 0 Å². The summed E-state index contributed by atoms with van der Waals surface area (Å²) in [4.78, 5) is 0. The molecule has 90 valence electrons. The van der Waals surface area contributed by atoms with Crippen molar-refractivity contribution in [2.45, 2.75) is 19.4 Å². The van der Waals surface area contributed by atoms with Crippen molar-refractivity contribution < 1.29 is 4.74 Å².